The number of nitrogens with zero attached hydrogens (tertiary/aromatic N) is 1. The lowest BCUT2D eigenvalue weighted by atomic mass is 9.97. The zero-order valence-electron chi connectivity index (χ0n) is 10.5. The molecular weight excluding hydrogens is 256 g/mol. The van der Waals surface area contributed by atoms with Crippen molar-refractivity contribution in [2.45, 2.75) is 20.8 Å². The Labute approximate surface area is 110 Å². The quantitative estimate of drug-likeness (QED) is 0.678. The van der Waals surface area contributed by atoms with Crippen molar-refractivity contribution in [2.24, 2.45) is 5.41 Å². The van der Waals surface area contributed by atoms with Crippen LogP contribution in [0.4, 0.5) is 5.69 Å². The number of nitro groups is 1. The van der Waals surface area contributed by atoms with E-state index < -0.39 is 4.92 Å². The molecule has 0 atom stereocenters. The zero-order chi connectivity index (χ0) is 13.9. The number of carbonyl (C=O) groups excluding carboxylic acids is 1. The van der Waals surface area contributed by atoms with Crippen LogP contribution >= 0.6 is 11.6 Å². The number of halogens is 1. The molecule has 1 aromatic carbocycles. The molecule has 0 saturated carbocycles. The topological polar surface area (TPSA) is 72.2 Å². The van der Waals surface area contributed by atoms with Gasteiger partial charge in [-0.15, -0.1) is 0 Å². The third-order valence-electron chi connectivity index (χ3n) is 2.19. The summed E-state index contributed by atoms with van der Waals surface area (Å²) in [6.45, 7) is 6.47. The number of nitro benzene ring substituents is 1. The molecule has 0 saturated heterocycles. The number of rotatable bonds is 3. The van der Waals surface area contributed by atoms with E-state index in [0.29, 0.717) is 6.54 Å². The van der Waals surface area contributed by atoms with E-state index in [4.69, 9.17) is 11.6 Å². The average Bonchev–Trinajstić information content (AvgIpc) is 2.24. The van der Waals surface area contributed by atoms with Gasteiger partial charge >= 0.3 is 0 Å². The molecule has 0 aliphatic heterocycles. The molecule has 5 nitrogen and oxygen atoms in total. The first kappa shape index (κ1) is 14.4. The van der Waals surface area contributed by atoms with Crippen LogP contribution in [0, 0.1) is 15.5 Å². The van der Waals surface area contributed by atoms with Gasteiger partial charge in [-0.1, -0.05) is 32.4 Å². The molecule has 0 spiro atoms. The number of non-ortho nitro benzene ring substituents is 1. The maximum Gasteiger partial charge on any atom is 0.270 e. The second-order valence-electron chi connectivity index (χ2n) is 5.16. The number of nitrogens with one attached hydrogen (secondary N) is 1. The summed E-state index contributed by atoms with van der Waals surface area (Å²) in [5.41, 5.74) is 0.0713. The number of benzene rings is 1. The number of hydrogen-bond donors (Lipinski definition) is 1. The van der Waals surface area contributed by atoms with E-state index in [-0.39, 0.29) is 27.6 Å². The van der Waals surface area contributed by atoms with Crippen molar-refractivity contribution < 1.29 is 9.72 Å². The molecule has 0 fully saturated rings. The first-order valence-corrected chi connectivity index (χ1v) is 5.80. The van der Waals surface area contributed by atoms with E-state index in [9.17, 15) is 14.9 Å². The molecular formula is C12H15ClN2O3. The molecule has 18 heavy (non-hydrogen) atoms. The van der Waals surface area contributed by atoms with Gasteiger partial charge in [0, 0.05) is 18.7 Å². The lowest BCUT2D eigenvalue weighted by Crippen LogP contribution is -2.32. The number of carbonyl (C=O) groups is 1. The first-order valence-electron chi connectivity index (χ1n) is 5.43. The van der Waals surface area contributed by atoms with Crippen LogP contribution in [0.3, 0.4) is 0 Å². The van der Waals surface area contributed by atoms with Gasteiger partial charge in [-0.25, -0.2) is 0 Å². The first-order chi connectivity index (χ1) is 8.20. The molecule has 6 heteroatoms. The molecule has 0 heterocycles. The molecule has 1 amide bonds. The summed E-state index contributed by atoms with van der Waals surface area (Å²) in [6, 6.07) is 3.80. The standard InChI is InChI=1S/C12H15ClN2O3/c1-12(2,3)7-14-11(16)9-5-4-8(15(17)18)6-10(9)13/h4-6H,7H2,1-3H3,(H,14,16). The van der Waals surface area contributed by atoms with Crippen molar-refractivity contribution in [1.29, 1.82) is 0 Å². The molecule has 1 aromatic rings. The highest BCUT2D eigenvalue weighted by Gasteiger charge is 2.17. The molecule has 0 aliphatic carbocycles. The fourth-order valence-corrected chi connectivity index (χ4v) is 1.50. The second-order valence-corrected chi connectivity index (χ2v) is 5.57. The Morgan fingerprint density at radius 3 is 2.50 bits per heavy atom. The Balaban J connectivity index is 2.84. The zero-order valence-corrected chi connectivity index (χ0v) is 11.2. The monoisotopic (exact) mass is 270 g/mol. The van der Waals surface area contributed by atoms with Crippen LogP contribution in [0.15, 0.2) is 18.2 Å². The third-order valence-corrected chi connectivity index (χ3v) is 2.50. The summed E-state index contributed by atoms with van der Waals surface area (Å²) in [7, 11) is 0. The van der Waals surface area contributed by atoms with Crippen LogP contribution in [0.2, 0.25) is 5.02 Å². The maximum absolute atomic E-state index is 11.8. The summed E-state index contributed by atoms with van der Waals surface area (Å²) >= 11 is 5.85. The fourth-order valence-electron chi connectivity index (χ4n) is 1.24. The second kappa shape index (κ2) is 5.35. The fraction of sp³-hybridized carbons (Fsp3) is 0.417. The van der Waals surface area contributed by atoms with Gasteiger partial charge in [0.1, 0.15) is 0 Å². The Morgan fingerprint density at radius 2 is 2.06 bits per heavy atom. The molecule has 0 bridgehead atoms. The van der Waals surface area contributed by atoms with E-state index >= 15 is 0 Å². The third kappa shape index (κ3) is 4.00. The highest BCUT2D eigenvalue weighted by atomic mass is 35.5. The minimum Gasteiger partial charge on any atom is -0.351 e. The molecule has 0 aromatic heterocycles. The molecule has 0 aliphatic rings. The van der Waals surface area contributed by atoms with Gasteiger partial charge in [0.25, 0.3) is 11.6 Å². The summed E-state index contributed by atoms with van der Waals surface area (Å²) in [4.78, 5) is 21.8. The highest BCUT2D eigenvalue weighted by Crippen LogP contribution is 2.22. The van der Waals surface area contributed by atoms with Crippen molar-refractivity contribution in [3.05, 3.63) is 38.9 Å². The smallest absolute Gasteiger partial charge is 0.270 e. The van der Waals surface area contributed by atoms with Gasteiger partial charge in [-0.3, -0.25) is 14.9 Å². The van der Waals surface area contributed by atoms with Gasteiger partial charge in [0.2, 0.25) is 0 Å². The largest absolute Gasteiger partial charge is 0.351 e. The van der Waals surface area contributed by atoms with E-state index in [1.165, 1.54) is 18.2 Å². The van der Waals surface area contributed by atoms with Gasteiger partial charge in [0.15, 0.2) is 0 Å². The average molecular weight is 271 g/mol. The van der Waals surface area contributed by atoms with Gasteiger partial charge in [-0.05, 0) is 11.5 Å². The van der Waals surface area contributed by atoms with Crippen molar-refractivity contribution in [3.63, 3.8) is 0 Å². The predicted molar refractivity (Wildman–Crippen MR) is 69.9 cm³/mol. The van der Waals surface area contributed by atoms with Crippen LogP contribution in [-0.4, -0.2) is 17.4 Å². The van der Waals surface area contributed by atoms with E-state index in [1.807, 2.05) is 20.8 Å². The molecule has 0 unspecified atom stereocenters. The van der Waals surface area contributed by atoms with Crippen molar-refractivity contribution in [3.8, 4) is 0 Å². The summed E-state index contributed by atoms with van der Waals surface area (Å²) < 4.78 is 0. The number of amides is 1. The maximum atomic E-state index is 11.8. The van der Waals surface area contributed by atoms with Crippen molar-refractivity contribution in [1.82, 2.24) is 5.32 Å². The van der Waals surface area contributed by atoms with Crippen LogP contribution < -0.4 is 5.32 Å². The lowest BCUT2D eigenvalue weighted by molar-refractivity contribution is -0.384. The van der Waals surface area contributed by atoms with Crippen LogP contribution in [0.25, 0.3) is 0 Å². The van der Waals surface area contributed by atoms with Crippen LogP contribution in [0.5, 0.6) is 0 Å². The van der Waals surface area contributed by atoms with Gasteiger partial charge in [-0.2, -0.15) is 0 Å². The van der Waals surface area contributed by atoms with Gasteiger partial charge < -0.3 is 5.32 Å². The van der Waals surface area contributed by atoms with Gasteiger partial charge in [0.05, 0.1) is 15.5 Å². The Kier molecular flexibility index (Phi) is 4.29. The Morgan fingerprint density at radius 1 is 1.44 bits per heavy atom. The summed E-state index contributed by atoms with van der Waals surface area (Å²) in [6.07, 6.45) is 0. The molecule has 98 valence electrons. The minimum absolute atomic E-state index is 0.0388. The molecule has 0 radical (unpaired) electrons. The Bertz CT molecular complexity index is 481. The predicted octanol–water partition coefficient (Wildman–Crippen LogP) is 3.02. The van der Waals surface area contributed by atoms with Crippen molar-refractivity contribution in [2.75, 3.05) is 6.54 Å². The summed E-state index contributed by atoms with van der Waals surface area (Å²) in [5, 5.41) is 13.4. The summed E-state index contributed by atoms with van der Waals surface area (Å²) in [5.74, 6) is -0.329. The highest BCUT2D eigenvalue weighted by molar-refractivity contribution is 6.34. The lowest BCUT2D eigenvalue weighted by Gasteiger charge is -2.18. The minimum atomic E-state index is -0.553. The normalized spacial score (nSPS) is 11.1. The van der Waals surface area contributed by atoms with E-state index in [2.05, 4.69) is 5.32 Å². The van der Waals surface area contributed by atoms with E-state index in [0.717, 1.165) is 0 Å². The SMILES string of the molecule is CC(C)(C)CNC(=O)c1ccc([N+](=O)[O-])cc1Cl. The van der Waals surface area contributed by atoms with Crippen molar-refractivity contribution >= 4 is 23.2 Å². The van der Waals surface area contributed by atoms with E-state index in [1.54, 1.807) is 0 Å². The number of hydrogen-bond acceptors (Lipinski definition) is 3. The molecule has 1 rings (SSSR count). The van der Waals surface area contributed by atoms with Crippen LogP contribution in [-0.2, 0) is 0 Å². The Hall–Kier alpha value is -1.62. The van der Waals surface area contributed by atoms with Crippen LogP contribution in [0.1, 0.15) is 31.1 Å². The molecule has 1 N–H and O–H groups in total.